The molecular formula is C20H18Cl2N2O4. The monoisotopic (exact) mass is 420 g/mol. The van der Waals surface area contributed by atoms with Crippen LogP contribution in [0.1, 0.15) is 22.3 Å². The molecule has 0 saturated carbocycles. The molecule has 6 nitrogen and oxygen atoms in total. The maximum atomic E-state index is 12.3. The normalized spacial score (nSPS) is 12.7. The van der Waals surface area contributed by atoms with Crippen molar-refractivity contribution in [3.8, 4) is 5.75 Å². The highest BCUT2D eigenvalue weighted by Gasteiger charge is 2.24. The zero-order valence-corrected chi connectivity index (χ0v) is 16.6. The average molecular weight is 421 g/mol. The molecule has 0 fully saturated rings. The number of nitrogens with one attached hydrogen (secondary N) is 1. The van der Waals surface area contributed by atoms with Gasteiger partial charge in [0.05, 0.1) is 11.4 Å². The van der Waals surface area contributed by atoms with Crippen LogP contribution in [-0.2, 0) is 16.0 Å². The van der Waals surface area contributed by atoms with Gasteiger partial charge >= 0.3 is 0 Å². The first-order valence-corrected chi connectivity index (χ1v) is 9.38. The van der Waals surface area contributed by atoms with Gasteiger partial charge in [-0.2, -0.15) is 0 Å². The summed E-state index contributed by atoms with van der Waals surface area (Å²) in [6, 6.07) is 9.93. The van der Waals surface area contributed by atoms with Crippen LogP contribution < -0.4 is 15.0 Å². The minimum absolute atomic E-state index is 0.00709. The van der Waals surface area contributed by atoms with Crippen LogP contribution in [0.15, 0.2) is 36.4 Å². The molecule has 0 unspecified atom stereocenters. The van der Waals surface area contributed by atoms with Gasteiger partial charge in [0.1, 0.15) is 5.75 Å². The van der Waals surface area contributed by atoms with Crippen molar-refractivity contribution in [2.24, 2.45) is 0 Å². The number of ether oxygens (including phenoxy) is 1. The maximum absolute atomic E-state index is 12.3. The second-order valence-corrected chi connectivity index (χ2v) is 7.20. The summed E-state index contributed by atoms with van der Waals surface area (Å²) in [5.41, 5.74) is 2.20. The Labute approximate surface area is 172 Å². The third-order valence-corrected chi connectivity index (χ3v) is 4.94. The number of ketones is 1. The van der Waals surface area contributed by atoms with Crippen LogP contribution in [0.3, 0.4) is 0 Å². The summed E-state index contributed by atoms with van der Waals surface area (Å²) >= 11 is 11.8. The van der Waals surface area contributed by atoms with E-state index in [9.17, 15) is 14.4 Å². The molecule has 0 bridgehead atoms. The molecule has 0 atom stereocenters. The molecular weight excluding hydrogens is 403 g/mol. The number of carbonyl (C=O) groups excluding carboxylic acids is 3. The number of hydrogen-bond acceptors (Lipinski definition) is 4. The van der Waals surface area contributed by atoms with Gasteiger partial charge in [0.15, 0.2) is 12.4 Å². The number of carbonyl (C=O) groups is 3. The van der Waals surface area contributed by atoms with Crippen LogP contribution in [0.4, 0.5) is 5.69 Å². The predicted octanol–water partition coefficient (Wildman–Crippen LogP) is 3.28. The maximum Gasteiger partial charge on any atom is 0.257 e. The van der Waals surface area contributed by atoms with Crippen molar-refractivity contribution >= 4 is 46.5 Å². The van der Waals surface area contributed by atoms with E-state index in [2.05, 4.69) is 5.32 Å². The zero-order chi connectivity index (χ0) is 20.3. The van der Waals surface area contributed by atoms with Crippen molar-refractivity contribution in [3.05, 3.63) is 57.6 Å². The largest absolute Gasteiger partial charge is 0.482 e. The molecule has 1 aliphatic rings. The third kappa shape index (κ3) is 4.64. The minimum Gasteiger partial charge on any atom is -0.482 e. The average Bonchev–Trinajstić information content (AvgIpc) is 2.94. The Morgan fingerprint density at radius 2 is 1.96 bits per heavy atom. The van der Waals surface area contributed by atoms with E-state index in [1.807, 2.05) is 0 Å². The fourth-order valence-electron chi connectivity index (χ4n) is 2.89. The van der Waals surface area contributed by atoms with Crippen LogP contribution in [0, 0.1) is 0 Å². The number of fused-ring (bicyclic) bond motifs is 1. The van der Waals surface area contributed by atoms with Crippen LogP contribution in [0.2, 0.25) is 10.0 Å². The minimum atomic E-state index is -0.361. The number of rotatable bonds is 7. The lowest BCUT2D eigenvalue weighted by atomic mass is 10.0. The van der Waals surface area contributed by atoms with Crippen molar-refractivity contribution < 1.29 is 19.1 Å². The Bertz CT molecular complexity index is 946. The van der Waals surface area contributed by atoms with E-state index >= 15 is 0 Å². The predicted molar refractivity (Wildman–Crippen MR) is 107 cm³/mol. The lowest BCUT2D eigenvalue weighted by Gasteiger charge is -2.11. The molecule has 1 N–H and O–H groups in total. The standard InChI is InChI=1S/C20H18Cl2N2O4/c1-24-16-4-2-12(8-13(16)9-20(24)27)17(25)6-7-23-19(26)11-28-18-5-3-14(21)10-15(18)22/h2-5,8,10H,6-7,9,11H2,1H3,(H,23,26). The SMILES string of the molecule is CN1C(=O)Cc2cc(C(=O)CCNC(=O)COc3ccc(Cl)cc3Cl)ccc21. The van der Waals surface area contributed by atoms with Gasteiger partial charge in [0.25, 0.3) is 5.91 Å². The van der Waals surface area contributed by atoms with Crippen LogP contribution in [-0.4, -0.2) is 37.8 Å². The molecule has 146 valence electrons. The Morgan fingerprint density at radius 1 is 1.18 bits per heavy atom. The van der Waals surface area contributed by atoms with E-state index in [4.69, 9.17) is 27.9 Å². The highest BCUT2D eigenvalue weighted by molar-refractivity contribution is 6.35. The third-order valence-electron chi connectivity index (χ3n) is 4.41. The molecule has 0 saturated heterocycles. The van der Waals surface area contributed by atoms with Gasteiger partial charge < -0.3 is 15.0 Å². The van der Waals surface area contributed by atoms with Crippen molar-refractivity contribution in [2.45, 2.75) is 12.8 Å². The van der Waals surface area contributed by atoms with Crippen LogP contribution >= 0.6 is 23.2 Å². The molecule has 3 rings (SSSR count). The number of hydrogen-bond donors (Lipinski definition) is 1. The highest BCUT2D eigenvalue weighted by atomic mass is 35.5. The van der Waals surface area contributed by atoms with E-state index in [1.54, 1.807) is 42.3 Å². The molecule has 1 aliphatic heterocycles. The number of nitrogens with zero attached hydrogens (tertiary/aromatic N) is 1. The fourth-order valence-corrected chi connectivity index (χ4v) is 3.35. The van der Waals surface area contributed by atoms with Gasteiger partial charge in [-0.1, -0.05) is 23.2 Å². The van der Waals surface area contributed by atoms with Crippen molar-refractivity contribution in [3.63, 3.8) is 0 Å². The van der Waals surface area contributed by atoms with Gasteiger partial charge in [-0.3, -0.25) is 14.4 Å². The summed E-state index contributed by atoms with van der Waals surface area (Å²) in [4.78, 5) is 37.5. The van der Waals surface area contributed by atoms with Gasteiger partial charge in [0.2, 0.25) is 5.91 Å². The second kappa shape index (κ2) is 8.63. The summed E-state index contributed by atoms with van der Waals surface area (Å²) in [6.45, 7) is -0.0336. The number of anilines is 1. The quantitative estimate of drug-likeness (QED) is 0.697. The summed E-state index contributed by atoms with van der Waals surface area (Å²) < 4.78 is 5.34. The summed E-state index contributed by atoms with van der Waals surface area (Å²) in [5, 5.41) is 3.43. The van der Waals surface area contributed by atoms with Crippen LogP contribution in [0.5, 0.6) is 5.75 Å². The molecule has 1 heterocycles. The van der Waals surface area contributed by atoms with Crippen molar-refractivity contribution in [2.75, 3.05) is 25.1 Å². The molecule has 28 heavy (non-hydrogen) atoms. The van der Waals surface area contributed by atoms with E-state index < -0.39 is 0 Å². The Balaban J connectivity index is 1.46. The molecule has 2 aromatic carbocycles. The number of Topliss-reactive ketones (excluding diaryl/α,β-unsaturated/α-hetero) is 1. The first-order chi connectivity index (χ1) is 13.3. The molecule has 0 aliphatic carbocycles. The first kappa shape index (κ1) is 20.2. The summed E-state index contributed by atoms with van der Waals surface area (Å²) in [5.74, 6) is -0.102. The Kier molecular flexibility index (Phi) is 6.21. The van der Waals surface area contributed by atoms with Gasteiger partial charge in [0, 0.05) is 36.3 Å². The lowest BCUT2D eigenvalue weighted by molar-refractivity contribution is -0.123. The second-order valence-electron chi connectivity index (χ2n) is 6.36. The van der Waals surface area contributed by atoms with E-state index in [0.29, 0.717) is 27.8 Å². The van der Waals surface area contributed by atoms with E-state index in [1.165, 1.54) is 6.07 Å². The van der Waals surface area contributed by atoms with E-state index in [0.717, 1.165) is 11.3 Å². The topological polar surface area (TPSA) is 75.7 Å². The van der Waals surface area contributed by atoms with Gasteiger partial charge in [-0.15, -0.1) is 0 Å². The number of halogens is 2. The fraction of sp³-hybridized carbons (Fsp3) is 0.250. The molecule has 0 spiro atoms. The molecule has 8 heteroatoms. The molecule has 2 amide bonds. The zero-order valence-electron chi connectivity index (χ0n) is 15.1. The number of likely N-dealkylation sites (N-methyl/N-ethyl adjacent to an activating group) is 1. The summed E-state index contributed by atoms with van der Waals surface area (Å²) in [7, 11) is 1.71. The smallest absolute Gasteiger partial charge is 0.257 e. The molecule has 0 aromatic heterocycles. The summed E-state index contributed by atoms with van der Waals surface area (Å²) in [6.07, 6.45) is 0.449. The van der Waals surface area contributed by atoms with Crippen LogP contribution in [0.25, 0.3) is 0 Å². The highest BCUT2D eigenvalue weighted by Crippen LogP contribution is 2.29. The van der Waals surface area contributed by atoms with Gasteiger partial charge in [-0.05, 0) is 42.0 Å². The number of amides is 2. The number of benzene rings is 2. The lowest BCUT2D eigenvalue weighted by Crippen LogP contribution is -2.30. The Morgan fingerprint density at radius 3 is 2.71 bits per heavy atom. The van der Waals surface area contributed by atoms with Gasteiger partial charge in [-0.25, -0.2) is 0 Å². The first-order valence-electron chi connectivity index (χ1n) is 8.62. The van der Waals surface area contributed by atoms with Crippen molar-refractivity contribution in [1.82, 2.24) is 5.32 Å². The van der Waals surface area contributed by atoms with E-state index in [-0.39, 0.29) is 37.2 Å². The van der Waals surface area contributed by atoms with Crippen molar-refractivity contribution in [1.29, 1.82) is 0 Å². The molecule has 2 aromatic rings. The Hall–Kier alpha value is -2.57. The molecule has 0 radical (unpaired) electrons.